The molecule has 1 aromatic carbocycles. The highest BCUT2D eigenvalue weighted by atomic mass is 79.9. The third-order valence-electron chi connectivity index (χ3n) is 3.07. The van der Waals surface area contributed by atoms with Crippen LogP contribution in [-0.2, 0) is 11.5 Å². The maximum absolute atomic E-state index is 12.0. The van der Waals surface area contributed by atoms with Crippen molar-refractivity contribution in [3.05, 3.63) is 33.6 Å². The highest BCUT2D eigenvalue weighted by Crippen LogP contribution is 2.21. The Balaban J connectivity index is 2.05. The number of halogens is 1. The Morgan fingerprint density at radius 2 is 2.17 bits per heavy atom. The van der Waals surface area contributed by atoms with Gasteiger partial charge in [0.1, 0.15) is 0 Å². The van der Waals surface area contributed by atoms with Crippen LogP contribution in [0.5, 0.6) is 0 Å². The minimum absolute atomic E-state index is 0.0118. The van der Waals surface area contributed by atoms with E-state index in [9.17, 15) is 4.79 Å². The predicted molar refractivity (Wildman–Crippen MR) is 98.1 cm³/mol. The summed E-state index contributed by atoms with van der Waals surface area (Å²) >= 11 is 8.66. The molecule has 0 aliphatic carbocycles. The van der Waals surface area contributed by atoms with Gasteiger partial charge in [-0.1, -0.05) is 22.0 Å². The molecule has 1 heterocycles. The topological polar surface area (TPSA) is 64.5 Å². The molecule has 2 N–H and O–H groups in total. The number of benzene rings is 1. The van der Waals surface area contributed by atoms with E-state index in [4.69, 9.17) is 16.6 Å². The van der Waals surface area contributed by atoms with E-state index < -0.39 is 0 Å². The van der Waals surface area contributed by atoms with Gasteiger partial charge in [-0.25, -0.2) is 0 Å². The van der Waals surface area contributed by atoms with Gasteiger partial charge >= 0.3 is 0 Å². The maximum Gasteiger partial charge on any atom is 0.292 e. The molecule has 0 spiro atoms. The molecule has 1 aromatic heterocycles. The van der Waals surface area contributed by atoms with Crippen LogP contribution in [0.25, 0.3) is 11.5 Å². The molecule has 0 saturated heterocycles. The molecule has 2 rings (SSSR count). The summed E-state index contributed by atoms with van der Waals surface area (Å²) in [5.41, 5.74) is 0.604. The molecular weight excluding hydrogens is 392 g/mol. The van der Waals surface area contributed by atoms with Crippen molar-refractivity contribution >= 4 is 34.1 Å². The predicted octanol–water partition coefficient (Wildman–Crippen LogP) is 2.02. The highest BCUT2D eigenvalue weighted by Gasteiger charge is 2.18. The molecule has 0 bridgehead atoms. The molecule has 0 aliphatic heterocycles. The number of nitrogens with zero attached hydrogens (tertiary/aromatic N) is 2. The number of aromatic nitrogens is 2. The minimum Gasteiger partial charge on any atom is -0.409 e. The molecule has 1 atom stereocenters. The van der Waals surface area contributed by atoms with Crippen molar-refractivity contribution in [2.24, 2.45) is 0 Å². The summed E-state index contributed by atoms with van der Waals surface area (Å²) in [6, 6.07) is 7.66. The van der Waals surface area contributed by atoms with Gasteiger partial charge in [0.05, 0.1) is 7.05 Å². The molecule has 0 radical (unpaired) electrons. The van der Waals surface area contributed by atoms with Crippen molar-refractivity contribution in [2.45, 2.75) is 33.0 Å². The van der Waals surface area contributed by atoms with Gasteiger partial charge in [0.15, 0.2) is 13.2 Å². The van der Waals surface area contributed by atoms with Crippen LogP contribution in [-0.4, -0.2) is 34.8 Å². The third-order valence-corrected chi connectivity index (χ3v) is 3.86. The Kier molecular flexibility index (Phi) is 5.95. The second-order valence-corrected chi connectivity index (χ2v) is 8.04. The molecule has 0 saturated carbocycles. The fourth-order valence-electron chi connectivity index (χ4n) is 2.19. The van der Waals surface area contributed by atoms with E-state index in [0.29, 0.717) is 23.9 Å². The number of hydrogen-bond donors (Lipinski definition) is 2. The first-order valence-corrected chi connectivity index (χ1v) is 8.80. The van der Waals surface area contributed by atoms with Crippen LogP contribution in [0.4, 0.5) is 0 Å². The number of nitrogens with one attached hydrogen (secondary N) is 2. The van der Waals surface area contributed by atoms with E-state index in [1.165, 1.54) is 0 Å². The van der Waals surface area contributed by atoms with Crippen LogP contribution >= 0.6 is 28.1 Å². The van der Waals surface area contributed by atoms with Crippen LogP contribution in [0.15, 0.2) is 33.2 Å². The first kappa shape index (κ1) is 18.8. The van der Waals surface area contributed by atoms with E-state index in [1.54, 1.807) is 4.68 Å². The lowest BCUT2D eigenvalue weighted by atomic mass is 10.1. The van der Waals surface area contributed by atoms with Crippen molar-refractivity contribution in [2.75, 3.05) is 13.6 Å². The average molecular weight is 414 g/mol. The summed E-state index contributed by atoms with van der Waals surface area (Å²) in [5, 5.41) is 7.36. The van der Waals surface area contributed by atoms with Gasteiger partial charge in [0.25, 0.3) is 10.7 Å². The second-order valence-electron chi connectivity index (χ2n) is 6.77. The van der Waals surface area contributed by atoms with Gasteiger partial charge in [-0.3, -0.25) is 4.79 Å². The van der Waals surface area contributed by atoms with Gasteiger partial charge in [-0.2, -0.15) is 4.68 Å². The Morgan fingerprint density at radius 3 is 2.79 bits per heavy atom. The fraction of sp³-hybridized carbons (Fsp3) is 0.438. The molecule has 0 fully saturated rings. The van der Waals surface area contributed by atoms with Crippen molar-refractivity contribution in [3.63, 3.8) is 0 Å². The lowest BCUT2D eigenvalue weighted by Gasteiger charge is -2.21. The van der Waals surface area contributed by atoms with Gasteiger partial charge < -0.3 is 14.6 Å². The van der Waals surface area contributed by atoms with Crippen molar-refractivity contribution in [3.8, 4) is 11.5 Å². The summed E-state index contributed by atoms with van der Waals surface area (Å²) in [6.45, 7) is 6.65. The zero-order valence-corrected chi connectivity index (χ0v) is 16.6. The van der Waals surface area contributed by atoms with E-state index in [2.05, 4.69) is 26.3 Å². The van der Waals surface area contributed by atoms with E-state index >= 15 is 0 Å². The zero-order valence-electron chi connectivity index (χ0n) is 14.2. The second kappa shape index (κ2) is 7.58. The van der Waals surface area contributed by atoms with Gasteiger partial charge in [0.2, 0.25) is 5.89 Å². The third kappa shape index (κ3) is 5.54. The van der Waals surface area contributed by atoms with Crippen molar-refractivity contribution < 1.29 is 14.1 Å². The van der Waals surface area contributed by atoms with Gasteiger partial charge in [0, 0.05) is 15.6 Å². The minimum atomic E-state index is -0.241. The zero-order chi connectivity index (χ0) is 17.9. The Bertz CT molecular complexity index is 779. The highest BCUT2D eigenvalue weighted by molar-refractivity contribution is 9.10. The summed E-state index contributed by atoms with van der Waals surface area (Å²) in [7, 11) is 1.91. The van der Waals surface area contributed by atoms with Crippen LogP contribution in [0.1, 0.15) is 20.8 Å². The first-order valence-electron chi connectivity index (χ1n) is 7.60. The molecule has 2 aromatic rings. The normalized spacial score (nSPS) is 12.9. The Hall–Kier alpha value is -1.51. The monoisotopic (exact) mass is 413 g/mol. The maximum atomic E-state index is 12.0. The summed E-state index contributed by atoms with van der Waals surface area (Å²) in [6.07, 6.45) is 0. The van der Waals surface area contributed by atoms with Crippen LogP contribution in [0.2, 0.25) is 0 Å². The lowest BCUT2D eigenvalue weighted by molar-refractivity contribution is -0.895. The largest absolute Gasteiger partial charge is 0.409 e. The van der Waals surface area contributed by atoms with Crippen LogP contribution < -0.4 is 10.2 Å². The van der Waals surface area contributed by atoms with E-state index in [0.717, 1.165) is 14.9 Å². The van der Waals surface area contributed by atoms with Crippen molar-refractivity contribution in [1.29, 1.82) is 0 Å². The molecule has 130 valence electrons. The molecular formula is C16H22BrN4O2S+. The fourth-order valence-corrected chi connectivity index (χ4v) is 2.78. The molecule has 8 heteroatoms. The van der Waals surface area contributed by atoms with E-state index in [-0.39, 0.29) is 11.4 Å². The number of amides is 1. The van der Waals surface area contributed by atoms with Gasteiger partial charge in [-0.15, -0.1) is 5.10 Å². The number of hydrogen-bond acceptors (Lipinski definition) is 4. The van der Waals surface area contributed by atoms with Gasteiger partial charge in [-0.05, 0) is 51.2 Å². The quantitative estimate of drug-likeness (QED) is 0.735. The first-order chi connectivity index (χ1) is 11.1. The Labute approximate surface area is 155 Å². The lowest BCUT2D eigenvalue weighted by Crippen LogP contribution is -3.09. The smallest absolute Gasteiger partial charge is 0.292 e. The van der Waals surface area contributed by atoms with E-state index in [1.807, 2.05) is 52.1 Å². The molecule has 1 unspecified atom stereocenters. The number of likely N-dealkylation sites (N-methyl/N-ethyl adjacent to an activating group) is 1. The summed E-state index contributed by atoms with van der Waals surface area (Å²) < 4.78 is 8.12. The van der Waals surface area contributed by atoms with Crippen molar-refractivity contribution in [1.82, 2.24) is 15.1 Å². The summed E-state index contributed by atoms with van der Waals surface area (Å²) in [4.78, 5) is 13.2. The number of carbonyl (C=O) groups excluding carboxylic acids is 1. The number of carbonyl (C=O) groups is 1. The molecule has 24 heavy (non-hydrogen) atoms. The standard InChI is InChI=1S/C16H21BrN4O2S/c1-16(2,3)18-13(22)9-20(4)10-21-15(24)23-14(19-21)11-6-5-7-12(17)8-11/h5-8H,9-10H2,1-4H3,(H,18,22)/p+1. The average Bonchev–Trinajstić information content (AvgIpc) is 2.77. The Morgan fingerprint density at radius 1 is 1.46 bits per heavy atom. The number of quaternary nitrogens is 1. The molecule has 6 nitrogen and oxygen atoms in total. The molecule has 0 aliphatic rings. The van der Waals surface area contributed by atoms with Crippen LogP contribution in [0.3, 0.4) is 0 Å². The van der Waals surface area contributed by atoms with Crippen LogP contribution in [0, 0.1) is 4.84 Å². The number of rotatable bonds is 5. The molecule has 1 amide bonds. The SMILES string of the molecule is C[NH+](CC(=O)NC(C)(C)C)Cn1nc(-c2cccc(Br)c2)oc1=S. The summed E-state index contributed by atoms with van der Waals surface area (Å²) in [5.74, 6) is 0.454.